The van der Waals surface area contributed by atoms with Gasteiger partial charge >= 0.3 is 0 Å². The lowest BCUT2D eigenvalue weighted by atomic mass is 10.0. The quantitative estimate of drug-likeness (QED) is 0.832. The van der Waals surface area contributed by atoms with Crippen LogP contribution in [0.2, 0.25) is 0 Å². The van der Waals surface area contributed by atoms with Gasteiger partial charge in [-0.3, -0.25) is 4.98 Å². The lowest BCUT2D eigenvalue weighted by molar-refractivity contribution is 0.483. The second kappa shape index (κ2) is 5.17. The van der Waals surface area contributed by atoms with Crippen LogP contribution in [0.3, 0.4) is 0 Å². The van der Waals surface area contributed by atoms with E-state index in [0.717, 1.165) is 31.4 Å². The van der Waals surface area contributed by atoms with Crippen molar-refractivity contribution >= 4 is 9.84 Å². The average molecular weight is 253 g/mol. The molecule has 0 aliphatic heterocycles. The molecule has 0 saturated heterocycles. The van der Waals surface area contributed by atoms with Crippen LogP contribution in [0.25, 0.3) is 0 Å². The molecule has 0 unspecified atom stereocenters. The number of pyridine rings is 1. The van der Waals surface area contributed by atoms with E-state index in [-0.39, 0.29) is 11.0 Å². The molecule has 17 heavy (non-hydrogen) atoms. The fraction of sp³-hybridized carbons (Fsp3) is 0.615. The summed E-state index contributed by atoms with van der Waals surface area (Å²) in [5.74, 6) is 0.0966. The highest BCUT2D eigenvalue weighted by atomic mass is 32.2. The smallest absolute Gasteiger partial charge is 0.158 e. The standard InChI is InChI=1S/C13H19NO2S/c1-11-6-5-7-12(14-11)10-17(15,16)13-8-3-2-4-9-13/h5-7,13H,2-4,8-10H2,1H3. The van der Waals surface area contributed by atoms with Crippen molar-refractivity contribution in [2.24, 2.45) is 0 Å². The molecule has 0 bridgehead atoms. The Labute approximate surface area is 103 Å². The van der Waals surface area contributed by atoms with Crippen LogP contribution >= 0.6 is 0 Å². The van der Waals surface area contributed by atoms with Gasteiger partial charge < -0.3 is 0 Å². The Bertz CT molecular complexity index is 476. The van der Waals surface area contributed by atoms with Crippen LogP contribution in [0.4, 0.5) is 0 Å². The molecule has 0 N–H and O–H groups in total. The lowest BCUT2D eigenvalue weighted by Gasteiger charge is -2.21. The number of aryl methyl sites for hydroxylation is 1. The maximum Gasteiger partial charge on any atom is 0.158 e. The number of sulfone groups is 1. The Morgan fingerprint density at radius 1 is 1.24 bits per heavy atom. The Hall–Kier alpha value is -0.900. The summed E-state index contributed by atoms with van der Waals surface area (Å²) >= 11 is 0. The maximum atomic E-state index is 12.2. The van der Waals surface area contributed by atoms with E-state index in [4.69, 9.17) is 0 Å². The molecule has 1 aliphatic carbocycles. The molecule has 2 rings (SSSR count). The highest BCUT2D eigenvalue weighted by Gasteiger charge is 2.27. The van der Waals surface area contributed by atoms with Gasteiger partial charge in [-0.15, -0.1) is 0 Å². The van der Waals surface area contributed by atoms with E-state index in [9.17, 15) is 8.42 Å². The third kappa shape index (κ3) is 3.28. The van der Waals surface area contributed by atoms with E-state index >= 15 is 0 Å². The fourth-order valence-corrected chi connectivity index (χ4v) is 4.29. The summed E-state index contributed by atoms with van der Waals surface area (Å²) in [7, 11) is -3.02. The summed E-state index contributed by atoms with van der Waals surface area (Å²) < 4.78 is 24.5. The van der Waals surface area contributed by atoms with Crippen LogP contribution in [0.1, 0.15) is 43.5 Å². The topological polar surface area (TPSA) is 47.0 Å². The molecule has 3 nitrogen and oxygen atoms in total. The molecule has 1 fully saturated rings. The molecular formula is C13H19NO2S. The first-order valence-corrected chi connectivity index (χ1v) is 7.93. The van der Waals surface area contributed by atoms with Crippen LogP contribution in [-0.4, -0.2) is 18.7 Å². The first-order chi connectivity index (χ1) is 8.08. The van der Waals surface area contributed by atoms with Crippen molar-refractivity contribution in [3.05, 3.63) is 29.6 Å². The monoisotopic (exact) mass is 253 g/mol. The summed E-state index contributed by atoms with van der Waals surface area (Å²) in [6, 6.07) is 5.55. The number of hydrogen-bond donors (Lipinski definition) is 0. The van der Waals surface area contributed by atoms with Crippen LogP contribution in [0, 0.1) is 6.92 Å². The SMILES string of the molecule is Cc1cccc(CS(=O)(=O)C2CCCCC2)n1. The molecule has 1 aliphatic rings. The van der Waals surface area contributed by atoms with E-state index in [2.05, 4.69) is 4.98 Å². The minimum atomic E-state index is -3.02. The van der Waals surface area contributed by atoms with Gasteiger partial charge in [-0.2, -0.15) is 0 Å². The van der Waals surface area contributed by atoms with Gasteiger partial charge in [-0.25, -0.2) is 8.42 Å². The Balaban J connectivity index is 2.11. The summed E-state index contributed by atoms with van der Waals surface area (Å²) in [6.07, 6.45) is 4.92. The van der Waals surface area contributed by atoms with Crippen molar-refractivity contribution < 1.29 is 8.42 Å². The predicted molar refractivity (Wildman–Crippen MR) is 68.5 cm³/mol. The van der Waals surface area contributed by atoms with E-state index in [1.165, 1.54) is 6.42 Å². The average Bonchev–Trinajstić information content (AvgIpc) is 2.29. The molecular weight excluding hydrogens is 234 g/mol. The predicted octanol–water partition coefficient (Wildman–Crippen LogP) is 2.64. The molecule has 1 heterocycles. The summed E-state index contributed by atoms with van der Waals surface area (Å²) in [6.45, 7) is 1.89. The Morgan fingerprint density at radius 2 is 1.94 bits per heavy atom. The Morgan fingerprint density at radius 3 is 2.59 bits per heavy atom. The largest absolute Gasteiger partial charge is 0.257 e. The van der Waals surface area contributed by atoms with Crippen molar-refractivity contribution in [1.29, 1.82) is 0 Å². The first kappa shape index (κ1) is 12.6. The molecule has 1 saturated carbocycles. The molecule has 4 heteroatoms. The Kier molecular flexibility index (Phi) is 3.82. The second-order valence-corrected chi connectivity index (χ2v) is 7.12. The first-order valence-electron chi connectivity index (χ1n) is 6.22. The van der Waals surface area contributed by atoms with Gasteiger partial charge in [-0.1, -0.05) is 25.3 Å². The van der Waals surface area contributed by atoms with Gasteiger partial charge in [0.25, 0.3) is 0 Å². The van der Waals surface area contributed by atoms with Gasteiger partial charge in [0, 0.05) is 5.69 Å². The number of aromatic nitrogens is 1. The number of rotatable bonds is 3. The van der Waals surface area contributed by atoms with Crippen LogP contribution in [0.5, 0.6) is 0 Å². The molecule has 94 valence electrons. The highest BCUT2D eigenvalue weighted by Crippen LogP contribution is 2.25. The van der Waals surface area contributed by atoms with Crippen LogP contribution in [0.15, 0.2) is 18.2 Å². The third-order valence-corrected chi connectivity index (χ3v) is 5.54. The zero-order valence-electron chi connectivity index (χ0n) is 10.2. The molecule has 0 radical (unpaired) electrons. The molecule has 0 spiro atoms. The van der Waals surface area contributed by atoms with E-state index < -0.39 is 9.84 Å². The molecule has 0 atom stereocenters. The third-order valence-electron chi connectivity index (χ3n) is 3.36. The van der Waals surface area contributed by atoms with Crippen molar-refractivity contribution in [3.63, 3.8) is 0 Å². The molecule has 0 amide bonds. The van der Waals surface area contributed by atoms with Crippen molar-refractivity contribution in [3.8, 4) is 0 Å². The minimum absolute atomic E-state index is 0.0966. The van der Waals surface area contributed by atoms with Crippen LogP contribution in [-0.2, 0) is 15.6 Å². The van der Waals surface area contributed by atoms with E-state index in [1.54, 1.807) is 6.07 Å². The van der Waals surface area contributed by atoms with Crippen molar-refractivity contribution in [1.82, 2.24) is 4.98 Å². The minimum Gasteiger partial charge on any atom is -0.257 e. The summed E-state index contributed by atoms with van der Waals surface area (Å²) in [4.78, 5) is 4.27. The molecule has 1 aromatic rings. The van der Waals surface area contributed by atoms with Gasteiger partial charge in [-0.05, 0) is 31.9 Å². The fourth-order valence-electron chi connectivity index (χ4n) is 2.43. The highest BCUT2D eigenvalue weighted by molar-refractivity contribution is 7.91. The summed E-state index contributed by atoms with van der Waals surface area (Å²) in [5.41, 5.74) is 1.55. The van der Waals surface area contributed by atoms with E-state index in [0.29, 0.717) is 5.69 Å². The number of nitrogens with zero attached hydrogens (tertiary/aromatic N) is 1. The zero-order valence-corrected chi connectivity index (χ0v) is 11.0. The maximum absolute atomic E-state index is 12.2. The summed E-state index contributed by atoms with van der Waals surface area (Å²) in [5, 5.41) is -0.140. The van der Waals surface area contributed by atoms with Gasteiger partial charge in [0.1, 0.15) is 0 Å². The van der Waals surface area contributed by atoms with Gasteiger partial charge in [0.15, 0.2) is 9.84 Å². The van der Waals surface area contributed by atoms with Gasteiger partial charge in [0.2, 0.25) is 0 Å². The zero-order chi connectivity index (χ0) is 12.3. The lowest BCUT2D eigenvalue weighted by Crippen LogP contribution is -2.25. The van der Waals surface area contributed by atoms with Crippen molar-refractivity contribution in [2.75, 3.05) is 0 Å². The second-order valence-electron chi connectivity index (χ2n) is 4.84. The van der Waals surface area contributed by atoms with Crippen LogP contribution < -0.4 is 0 Å². The van der Waals surface area contributed by atoms with Crippen molar-refractivity contribution in [2.45, 2.75) is 50.0 Å². The van der Waals surface area contributed by atoms with Gasteiger partial charge in [0.05, 0.1) is 16.7 Å². The van der Waals surface area contributed by atoms with E-state index in [1.807, 2.05) is 19.1 Å². The number of hydrogen-bond acceptors (Lipinski definition) is 3. The molecule has 1 aromatic heterocycles. The normalized spacial score (nSPS) is 18.2. The molecule has 0 aromatic carbocycles.